The third kappa shape index (κ3) is 3.00. The van der Waals surface area contributed by atoms with E-state index in [1.807, 2.05) is 36.9 Å². The summed E-state index contributed by atoms with van der Waals surface area (Å²) in [7, 11) is 0. The smallest absolute Gasteiger partial charge is 0.251 e. The Morgan fingerprint density at radius 3 is 2.46 bits per heavy atom. The normalized spacial score (nSPS) is 16.5. The van der Waals surface area contributed by atoms with Crippen LogP contribution in [0.3, 0.4) is 0 Å². The van der Waals surface area contributed by atoms with Crippen LogP contribution in [0.4, 0.5) is 0 Å². The molecular weight excluding hydrogens is 328 g/mol. The molecule has 1 atom stereocenters. The molecule has 0 fully saturated rings. The topological polar surface area (TPSA) is 78.1 Å². The van der Waals surface area contributed by atoms with Gasteiger partial charge in [-0.2, -0.15) is 5.10 Å². The van der Waals surface area contributed by atoms with E-state index in [2.05, 4.69) is 29.4 Å². The molecule has 1 aliphatic heterocycles. The summed E-state index contributed by atoms with van der Waals surface area (Å²) in [6.45, 7) is 10.2. The second-order valence-electron chi connectivity index (χ2n) is 7.69. The van der Waals surface area contributed by atoms with Gasteiger partial charge in [0, 0.05) is 18.1 Å². The van der Waals surface area contributed by atoms with Gasteiger partial charge in [-0.25, -0.2) is 0 Å². The van der Waals surface area contributed by atoms with Crippen molar-refractivity contribution in [1.82, 2.24) is 20.4 Å². The van der Waals surface area contributed by atoms with Crippen LogP contribution in [-0.2, 0) is 16.9 Å². The maximum absolute atomic E-state index is 12.6. The van der Waals surface area contributed by atoms with Crippen molar-refractivity contribution >= 4 is 11.8 Å². The Kier molecular flexibility index (Phi) is 4.61. The summed E-state index contributed by atoms with van der Waals surface area (Å²) in [6, 6.07) is 8.97. The number of rotatable bonds is 4. The minimum atomic E-state index is -0.457. The van der Waals surface area contributed by atoms with E-state index in [1.54, 1.807) is 19.1 Å². The summed E-state index contributed by atoms with van der Waals surface area (Å²) in [5, 5.41) is 10.7. The molecule has 0 radical (unpaired) electrons. The molecule has 2 aromatic rings. The van der Waals surface area contributed by atoms with E-state index in [4.69, 9.17) is 0 Å². The minimum absolute atomic E-state index is 0.0216. The Balaban J connectivity index is 1.92. The molecule has 0 bridgehead atoms. The second-order valence-corrected chi connectivity index (χ2v) is 7.69. The van der Waals surface area contributed by atoms with Gasteiger partial charge >= 0.3 is 0 Å². The monoisotopic (exact) mass is 354 g/mol. The standard InChI is InChI=1S/C20H26N4O2/c1-12(2)16(21-19(26)14-9-7-6-8-10-14)17-15-11-24(13(3)25)20(4,5)18(15)23-22-17/h6-10,12,16H,11H2,1-5H3,(H,21,26)(H,22,23). The molecule has 6 nitrogen and oxygen atoms in total. The van der Waals surface area contributed by atoms with Crippen LogP contribution in [0.15, 0.2) is 30.3 Å². The summed E-state index contributed by atoms with van der Waals surface area (Å²) < 4.78 is 0. The van der Waals surface area contributed by atoms with E-state index in [9.17, 15) is 9.59 Å². The van der Waals surface area contributed by atoms with E-state index in [1.165, 1.54) is 0 Å². The Labute approximate surface area is 154 Å². The van der Waals surface area contributed by atoms with Crippen LogP contribution in [0.2, 0.25) is 0 Å². The molecule has 1 aliphatic rings. The predicted octanol–water partition coefficient (Wildman–Crippen LogP) is 3.13. The van der Waals surface area contributed by atoms with Crippen molar-refractivity contribution in [3.05, 3.63) is 52.8 Å². The Bertz CT molecular complexity index is 824. The highest BCUT2D eigenvalue weighted by molar-refractivity contribution is 5.94. The number of fused-ring (bicyclic) bond motifs is 1. The number of hydrogen-bond donors (Lipinski definition) is 2. The first-order valence-corrected chi connectivity index (χ1v) is 8.95. The van der Waals surface area contributed by atoms with E-state index >= 15 is 0 Å². The first-order valence-electron chi connectivity index (χ1n) is 8.95. The third-order valence-corrected chi connectivity index (χ3v) is 5.15. The van der Waals surface area contributed by atoms with Gasteiger partial charge in [0.2, 0.25) is 5.91 Å². The van der Waals surface area contributed by atoms with Crippen LogP contribution >= 0.6 is 0 Å². The Morgan fingerprint density at radius 2 is 1.88 bits per heavy atom. The first kappa shape index (κ1) is 18.2. The largest absolute Gasteiger partial charge is 0.343 e. The Morgan fingerprint density at radius 1 is 1.23 bits per heavy atom. The zero-order chi connectivity index (χ0) is 19.1. The molecular formula is C20H26N4O2. The lowest BCUT2D eigenvalue weighted by Crippen LogP contribution is -2.39. The molecule has 138 valence electrons. The molecule has 26 heavy (non-hydrogen) atoms. The molecule has 2 N–H and O–H groups in total. The van der Waals surface area contributed by atoms with Gasteiger partial charge in [-0.1, -0.05) is 32.0 Å². The zero-order valence-corrected chi connectivity index (χ0v) is 16.0. The average Bonchev–Trinajstić information content (AvgIpc) is 3.11. The van der Waals surface area contributed by atoms with Crippen LogP contribution in [0.25, 0.3) is 0 Å². The lowest BCUT2D eigenvalue weighted by molar-refractivity contribution is -0.134. The quantitative estimate of drug-likeness (QED) is 0.885. The van der Waals surface area contributed by atoms with Gasteiger partial charge in [-0.05, 0) is 31.9 Å². The number of H-pyrrole nitrogens is 1. The van der Waals surface area contributed by atoms with E-state index in [-0.39, 0.29) is 23.8 Å². The van der Waals surface area contributed by atoms with Crippen molar-refractivity contribution in [1.29, 1.82) is 0 Å². The highest BCUT2D eigenvalue weighted by atomic mass is 16.2. The minimum Gasteiger partial charge on any atom is -0.343 e. The number of hydrogen-bond acceptors (Lipinski definition) is 3. The van der Waals surface area contributed by atoms with Crippen LogP contribution in [-0.4, -0.2) is 26.9 Å². The molecule has 0 aliphatic carbocycles. The van der Waals surface area contributed by atoms with Crippen molar-refractivity contribution in [2.45, 2.75) is 52.7 Å². The van der Waals surface area contributed by atoms with Gasteiger partial charge in [0.05, 0.1) is 29.5 Å². The number of aromatic nitrogens is 2. The highest BCUT2D eigenvalue weighted by Crippen LogP contribution is 2.41. The number of nitrogens with one attached hydrogen (secondary N) is 2. The predicted molar refractivity (Wildman–Crippen MR) is 99.3 cm³/mol. The summed E-state index contributed by atoms with van der Waals surface area (Å²) in [6.07, 6.45) is 0. The molecule has 1 aromatic carbocycles. The number of benzene rings is 1. The maximum Gasteiger partial charge on any atom is 0.251 e. The number of amides is 2. The molecule has 0 saturated heterocycles. The van der Waals surface area contributed by atoms with Crippen molar-refractivity contribution in [2.24, 2.45) is 5.92 Å². The number of aromatic amines is 1. The molecule has 2 heterocycles. The second kappa shape index (κ2) is 6.59. The van der Waals surface area contributed by atoms with Crippen LogP contribution < -0.4 is 5.32 Å². The zero-order valence-electron chi connectivity index (χ0n) is 16.0. The summed E-state index contributed by atoms with van der Waals surface area (Å²) in [5.74, 6) is 0.0726. The molecule has 2 amide bonds. The van der Waals surface area contributed by atoms with Crippen LogP contribution in [0.5, 0.6) is 0 Å². The van der Waals surface area contributed by atoms with Gasteiger partial charge in [-0.15, -0.1) is 0 Å². The maximum atomic E-state index is 12.6. The van der Waals surface area contributed by atoms with Crippen LogP contribution in [0, 0.1) is 5.92 Å². The van der Waals surface area contributed by atoms with E-state index in [0.717, 1.165) is 17.0 Å². The van der Waals surface area contributed by atoms with Crippen molar-refractivity contribution < 1.29 is 9.59 Å². The lowest BCUT2D eigenvalue weighted by atomic mass is 9.94. The summed E-state index contributed by atoms with van der Waals surface area (Å²) >= 11 is 0. The lowest BCUT2D eigenvalue weighted by Gasteiger charge is -2.30. The molecule has 1 unspecified atom stereocenters. The third-order valence-electron chi connectivity index (χ3n) is 5.15. The van der Waals surface area contributed by atoms with Crippen LogP contribution in [0.1, 0.15) is 68.0 Å². The summed E-state index contributed by atoms with van der Waals surface area (Å²) in [4.78, 5) is 26.5. The van der Waals surface area contributed by atoms with Gasteiger partial charge in [-0.3, -0.25) is 14.7 Å². The molecule has 6 heteroatoms. The van der Waals surface area contributed by atoms with Gasteiger partial charge in [0.15, 0.2) is 0 Å². The SMILES string of the molecule is CC(=O)N1Cc2c(n[nH]c2C(NC(=O)c2ccccc2)C(C)C)C1(C)C. The average molecular weight is 354 g/mol. The molecule has 0 spiro atoms. The Hall–Kier alpha value is -2.63. The fourth-order valence-corrected chi connectivity index (χ4v) is 3.68. The van der Waals surface area contributed by atoms with E-state index in [0.29, 0.717) is 12.1 Å². The van der Waals surface area contributed by atoms with E-state index < -0.39 is 5.54 Å². The number of carbonyl (C=O) groups is 2. The number of carbonyl (C=O) groups excluding carboxylic acids is 2. The molecule has 3 rings (SSSR count). The van der Waals surface area contributed by atoms with Gasteiger partial charge < -0.3 is 10.2 Å². The fraction of sp³-hybridized carbons (Fsp3) is 0.450. The number of nitrogens with zero attached hydrogens (tertiary/aromatic N) is 2. The fourth-order valence-electron chi connectivity index (χ4n) is 3.68. The molecule has 0 saturated carbocycles. The van der Waals surface area contributed by atoms with Gasteiger partial charge in [0.1, 0.15) is 0 Å². The highest BCUT2D eigenvalue weighted by Gasteiger charge is 2.44. The summed E-state index contributed by atoms with van der Waals surface area (Å²) in [5.41, 5.74) is 2.94. The van der Waals surface area contributed by atoms with Crippen molar-refractivity contribution in [2.75, 3.05) is 0 Å². The van der Waals surface area contributed by atoms with Crippen molar-refractivity contribution in [3.8, 4) is 0 Å². The van der Waals surface area contributed by atoms with Crippen molar-refractivity contribution in [3.63, 3.8) is 0 Å². The van der Waals surface area contributed by atoms with Gasteiger partial charge in [0.25, 0.3) is 5.91 Å². The molecule has 1 aromatic heterocycles. The first-order chi connectivity index (χ1) is 12.2.